The number of nitrogens with zero attached hydrogens (tertiary/aromatic N) is 1. The van der Waals surface area contributed by atoms with Crippen LogP contribution in [0.15, 0.2) is 35.4 Å². The number of hydrogen-bond acceptors (Lipinski definition) is 4. The molecule has 0 bridgehead atoms. The second kappa shape index (κ2) is 5.88. The first-order valence-electron chi connectivity index (χ1n) is 5.92. The van der Waals surface area contributed by atoms with Crippen LogP contribution in [-0.2, 0) is 6.18 Å². The van der Waals surface area contributed by atoms with Crippen molar-refractivity contribution in [1.29, 1.82) is 0 Å². The van der Waals surface area contributed by atoms with Gasteiger partial charge in [0.1, 0.15) is 11.4 Å². The Morgan fingerprint density at radius 1 is 1.36 bits per heavy atom. The van der Waals surface area contributed by atoms with Crippen molar-refractivity contribution < 1.29 is 22.7 Å². The minimum atomic E-state index is -4.55. The molecule has 2 aromatic heterocycles. The topological polar surface area (TPSA) is 84.1 Å². The van der Waals surface area contributed by atoms with Crippen LogP contribution in [0.1, 0.15) is 16.2 Å². The Morgan fingerprint density at radius 3 is 2.59 bits per heavy atom. The standard InChI is InChI=1S/C13H10F3N3O3/c1-22-10-6-17-8(4-9(10)20)12(21)19-7-2-3-11(18-5-7)13(14,15)16/h2-6H,1H3,(H,17,20)(H,19,21). The highest BCUT2D eigenvalue weighted by Gasteiger charge is 2.32. The molecule has 0 saturated carbocycles. The van der Waals surface area contributed by atoms with E-state index in [2.05, 4.69) is 15.3 Å². The molecular weight excluding hydrogens is 303 g/mol. The molecule has 9 heteroatoms. The molecule has 0 aromatic carbocycles. The Balaban J connectivity index is 2.15. The van der Waals surface area contributed by atoms with Gasteiger partial charge in [-0.2, -0.15) is 13.2 Å². The van der Waals surface area contributed by atoms with Crippen molar-refractivity contribution in [1.82, 2.24) is 9.97 Å². The number of carbonyl (C=O) groups excluding carboxylic acids is 1. The molecule has 0 saturated heterocycles. The van der Waals surface area contributed by atoms with Gasteiger partial charge in [-0.25, -0.2) is 4.98 Å². The van der Waals surface area contributed by atoms with Gasteiger partial charge in [-0.3, -0.25) is 9.59 Å². The highest BCUT2D eigenvalue weighted by molar-refractivity contribution is 6.02. The van der Waals surface area contributed by atoms with Crippen LogP contribution in [-0.4, -0.2) is 23.0 Å². The van der Waals surface area contributed by atoms with Gasteiger partial charge in [0.2, 0.25) is 5.43 Å². The summed E-state index contributed by atoms with van der Waals surface area (Å²) in [4.78, 5) is 29.2. The Bertz CT molecular complexity index is 739. The molecule has 0 fully saturated rings. The Morgan fingerprint density at radius 2 is 2.09 bits per heavy atom. The van der Waals surface area contributed by atoms with Gasteiger partial charge >= 0.3 is 6.18 Å². The lowest BCUT2D eigenvalue weighted by Gasteiger charge is -2.08. The molecule has 22 heavy (non-hydrogen) atoms. The fraction of sp³-hybridized carbons (Fsp3) is 0.154. The number of hydrogen-bond donors (Lipinski definition) is 2. The van der Waals surface area contributed by atoms with Crippen molar-refractivity contribution in [3.8, 4) is 5.75 Å². The maximum atomic E-state index is 12.4. The molecule has 2 N–H and O–H groups in total. The summed E-state index contributed by atoms with van der Waals surface area (Å²) in [6.07, 6.45) is -2.46. The van der Waals surface area contributed by atoms with E-state index in [1.807, 2.05) is 0 Å². The number of anilines is 1. The normalized spacial score (nSPS) is 11.1. The van der Waals surface area contributed by atoms with E-state index in [0.717, 1.165) is 24.4 Å². The minimum Gasteiger partial charge on any atom is -0.491 e. The number of H-pyrrole nitrogens is 1. The Hall–Kier alpha value is -2.84. The Labute approximate surface area is 122 Å². The second-order valence-corrected chi connectivity index (χ2v) is 4.16. The predicted molar refractivity (Wildman–Crippen MR) is 70.8 cm³/mol. The fourth-order valence-electron chi connectivity index (χ4n) is 1.58. The average Bonchev–Trinajstić information content (AvgIpc) is 2.46. The van der Waals surface area contributed by atoms with Gasteiger partial charge in [0.25, 0.3) is 5.91 Å². The number of alkyl halides is 3. The summed E-state index contributed by atoms with van der Waals surface area (Å²) in [5, 5.41) is 2.32. The number of aromatic amines is 1. The molecule has 0 aliphatic carbocycles. The number of rotatable bonds is 3. The number of nitrogens with one attached hydrogen (secondary N) is 2. The molecular formula is C13H10F3N3O3. The van der Waals surface area contributed by atoms with E-state index in [1.165, 1.54) is 13.3 Å². The number of carbonyl (C=O) groups is 1. The molecule has 0 aliphatic rings. The van der Waals surface area contributed by atoms with Crippen molar-refractivity contribution in [2.24, 2.45) is 0 Å². The second-order valence-electron chi connectivity index (χ2n) is 4.16. The summed E-state index contributed by atoms with van der Waals surface area (Å²) in [6.45, 7) is 0. The summed E-state index contributed by atoms with van der Waals surface area (Å²) < 4.78 is 41.8. The zero-order valence-corrected chi connectivity index (χ0v) is 11.2. The first-order valence-corrected chi connectivity index (χ1v) is 5.92. The first-order chi connectivity index (χ1) is 10.3. The van der Waals surface area contributed by atoms with Crippen LogP contribution >= 0.6 is 0 Å². The molecule has 116 valence electrons. The van der Waals surface area contributed by atoms with Crippen LogP contribution in [0.4, 0.5) is 18.9 Å². The van der Waals surface area contributed by atoms with E-state index < -0.39 is 23.2 Å². The first kappa shape index (κ1) is 15.5. The van der Waals surface area contributed by atoms with Gasteiger partial charge in [0, 0.05) is 12.3 Å². The van der Waals surface area contributed by atoms with E-state index in [4.69, 9.17) is 4.74 Å². The van der Waals surface area contributed by atoms with Crippen LogP contribution < -0.4 is 15.5 Å². The average molecular weight is 313 g/mol. The molecule has 2 heterocycles. The Kier molecular flexibility index (Phi) is 4.15. The zero-order valence-electron chi connectivity index (χ0n) is 11.2. The summed E-state index contributed by atoms with van der Waals surface area (Å²) in [7, 11) is 1.30. The van der Waals surface area contributed by atoms with E-state index in [1.54, 1.807) is 0 Å². The van der Waals surface area contributed by atoms with Gasteiger partial charge in [-0.15, -0.1) is 0 Å². The van der Waals surface area contributed by atoms with Gasteiger partial charge in [0.05, 0.1) is 19.0 Å². The molecule has 0 radical (unpaired) electrons. The highest BCUT2D eigenvalue weighted by Crippen LogP contribution is 2.27. The summed E-state index contributed by atoms with van der Waals surface area (Å²) in [6, 6.07) is 2.83. The zero-order chi connectivity index (χ0) is 16.3. The fourth-order valence-corrected chi connectivity index (χ4v) is 1.58. The molecule has 2 rings (SSSR count). The third-order valence-corrected chi connectivity index (χ3v) is 2.65. The van der Waals surface area contributed by atoms with Gasteiger partial charge < -0.3 is 15.0 Å². The highest BCUT2D eigenvalue weighted by atomic mass is 19.4. The summed E-state index contributed by atoms with van der Waals surface area (Å²) in [5.74, 6) is -0.658. The number of ether oxygens (including phenoxy) is 1. The maximum Gasteiger partial charge on any atom is 0.433 e. The van der Waals surface area contributed by atoms with Crippen LogP contribution in [0, 0.1) is 0 Å². The van der Waals surface area contributed by atoms with Crippen molar-refractivity contribution in [2.45, 2.75) is 6.18 Å². The van der Waals surface area contributed by atoms with Crippen LogP contribution in [0.3, 0.4) is 0 Å². The van der Waals surface area contributed by atoms with E-state index >= 15 is 0 Å². The van der Waals surface area contributed by atoms with Gasteiger partial charge in [-0.1, -0.05) is 0 Å². The quantitative estimate of drug-likeness (QED) is 0.908. The minimum absolute atomic E-state index is 0.0350. The van der Waals surface area contributed by atoms with Crippen LogP contribution in [0.5, 0.6) is 5.75 Å². The van der Waals surface area contributed by atoms with Crippen molar-refractivity contribution in [3.63, 3.8) is 0 Å². The van der Waals surface area contributed by atoms with Gasteiger partial charge in [-0.05, 0) is 12.1 Å². The number of aromatic nitrogens is 2. The lowest BCUT2D eigenvalue weighted by molar-refractivity contribution is -0.141. The molecule has 2 aromatic rings. The van der Waals surface area contributed by atoms with Crippen molar-refractivity contribution in [3.05, 3.63) is 52.2 Å². The van der Waals surface area contributed by atoms with E-state index in [0.29, 0.717) is 0 Å². The molecule has 6 nitrogen and oxygen atoms in total. The predicted octanol–water partition coefficient (Wildman–Crippen LogP) is 2.05. The van der Waals surface area contributed by atoms with Crippen molar-refractivity contribution >= 4 is 11.6 Å². The van der Waals surface area contributed by atoms with Gasteiger partial charge in [0.15, 0.2) is 5.75 Å². The molecule has 0 atom stereocenters. The smallest absolute Gasteiger partial charge is 0.433 e. The third-order valence-electron chi connectivity index (χ3n) is 2.65. The SMILES string of the molecule is COc1c[nH]c(C(=O)Nc2ccc(C(F)(F)F)nc2)cc1=O. The van der Waals surface area contributed by atoms with Crippen LogP contribution in [0.2, 0.25) is 0 Å². The molecule has 0 aliphatic heterocycles. The monoisotopic (exact) mass is 313 g/mol. The third kappa shape index (κ3) is 3.43. The lowest BCUT2D eigenvalue weighted by Crippen LogP contribution is -2.17. The number of halogens is 3. The number of methoxy groups -OCH3 is 1. The number of pyridine rings is 2. The van der Waals surface area contributed by atoms with E-state index in [9.17, 15) is 22.8 Å². The van der Waals surface area contributed by atoms with Crippen molar-refractivity contribution in [2.75, 3.05) is 12.4 Å². The lowest BCUT2D eigenvalue weighted by atomic mass is 10.3. The molecule has 1 amide bonds. The number of amides is 1. The largest absolute Gasteiger partial charge is 0.491 e. The maximum absolute atomic E-state index is 12.4. The molecule has 0 unspecified atom stereocenters. The van der Waals surface area contributed by atoms with Crippen LogP contribution in [0.25, 0.3) is 0 Å². The summed E-state index contributed by atoms with van der Waals surface area (Å²) in [5.41, 5.74) is -1.57. The van der Waals surface area contributed by atoms with E-state index in [-0.39, 0.29) is 17.1 Å². The molecule has 0 spiro atoms. The summed E-state index contributed by atoms with van der Waals surface area (Å²) >= 11 is 0.